The van der Waals surface area contributed by atoms with E-state index in [0.717, 1.165) is 47.2 Å². The Bertz CT molecular complexity index is 1400. The minimum absolute atomic E-state index is 0.201. The van der Waals surface area contributed by atoms with Gasteiger partial charge < -0.3 is 4.98 Å². The van der Waals surface area contributed by atoms with Gasteiger partial charge in [-0.3, -0.25) is 4.79 Å². The monoisotopic (exact) mass is 426 g/mol. The summed E-state index contributed by atoms with van der Waals surface area (Å²) in [6.45, 7) is 2.14. The molecule has 0 unspecified atom stereocenters. The van der Waals surface area contributed by atoms with E-state index in [4.69, 9.17) is 0 Å². The Hall–Kier alpha value is -4.14. The van der Waals surface area contributed by atoms with Crippen molar-refractivity contribution < 1.29 is 0 Å². The molecule has 0 bridgehead atoms. The summed E-state index contributed by atoms with van der Waals surface area (Å²) in [7, 11) is 0. The number of benzene rings is 2. The Balaban J connectivity index is 1.49. The Labute approximate surface area is 183 Å². The van der Waals surface area contributed by atoms with E-state index in [0.29, 0.717) is 23.6 Å². The average molecular weight is 426 g/mol. The van der Waals surface area contributed by atoms with E-state index in [2.05, 4.69) is 54.7 Å². The topological polar surface area (TPSA) is 118 Å². The van der Waals surface area contributed by atoms with Gasteiger partial charge in [0.2, 0.25) is 5.78 Å². The number of nitrogens with zero attached hydrogens (tertiary/aromatic N) is 6. The number of unbranched alkanes of at least 4 members (excludes halogenated alkanes) is 1. The van der Waals surface area contributed by atoms with Crippen LogP contribution in [0.15, 0.2) is 59.7 Å². The Morgan fingerprint density at radius 3 is 2.59 bits per heavy atom. The first kappa shape index (κ1) is 19.8. The van der Waals surface area contributed by atoms with Crippen LogP contribution in [0.2, 0.25) is 0 Å². The molecule has 0 aliphatic rings. The number of H-pyrrole nitrogens is 2. The third-order valence-corrected chi connectivity index (χ3v) is 5.58. The molecule has 2 aromatic carbocycles. The molecule has 3 aromatic heterocycles. The van der Waals surface area contributed by atoms with Gasteiger partial charge in [-0.25, -0.2) is 9.61 Å². The zero-order chi connectivity index (χ0) is 21.9. The molecule has 9 nitrogen and oxygen atoms in total. The molecule has 3 heterocycles. The summed E-state index contributed by atoms with van der Waals surface area (Å²) in [4.78, 5) is 19.9. The van der Waals surface area contributed by atoms with E-state index < -0.39 is 0 Å². The van der Waals surface area contributed by atoms with Crippen molar-refractivity contribution in [1.82, 2.24) is 40.2 Å². The minimum Gasteiger partial charge on any atom is -0.313 e. The van der Waals surface area contributed by atoms with Crippen LogP contribution in [0.1, 0.15) is 36.6 Å². The molecule has 5 rings (SSSR count). The second-order valence-corrected chi connectivity index (χ2v) is 7.64. The molecule has 160 valence electrons. The Morgan fingerprint density at radius 1 is 1.03 bits per heavy atom. The molecule has 0 spiro atoms. The van der Waals surface area contributed by atoms with Gasteiger partial charge in [-0.05, 0) is 40.0 Å². The zero-order valence-electron chi connectivity index (χ0n) is 17.6. The van der Waals surface area contributed by atoms with Crippen LogP contribution < -0.4 is 5.56 Å². The molecule has 0 radical (unpaired) electrons. The van der Waals surface area contributed by atoms with Gasteiger partial charge in [-0.2, -0.15) is 10.1 Å². The first-order valence-corrected chi connectivity index (χ1v) is 10.6. The molecule has 0 atom stereocenters. The number of hydrogen-bond donors (Lipinski definition) is 2. The van der Waals surface area contributed by atoms with Gasteiger partial charge in [0.25, 0.3) is 5.56 Å². The van der Waals surface area contributed by atoms with Gasteiger partial charge in [0.1, 0.15) is 6.33 Å². The predicted molar refractivity (Wildman–Crippen MR) is 120 cm³/mol. The molecule has 0 saturated carbocycles. The second kappa shape index (κ2) is 8.54. The predicted octanol–water partition coefficient (Wildman–Crippen LogP) is 3.20. The highest BCUT2D eigenvalue weighted by Crippen LogP contribution is 2.30. The SMILES string of the molecule is CCCCc1c(Cc2ccc(-c3ccccc3-c3nnn[nH]3)cc2)c(=O)nc2[nH]cnn12. The molecule has 5 aromatic rings. The second-order valence-electron chi connectivity index (χ2n) is 7.64. The van der Waals surface area contributed by atoms with E-state index in [1.54, 1.807) is 10.8 Å². The van der Waals surface area contributed by atoms with E-state index in [1.807, 2.05) is 36.4 Å². The van der Waals surface area contributed by atoms with Crippen molar-refractivity contribution in [2.45, 2.75) is 32.6 Å². The van der Waals surface area contributed by atoms with Crippen molar-refractivity contribution in [3.05, 3.63) is 82.0 Å². The van der Waals surface area contributed by atoms with Crippen molar-refractivity contribution >= 4 is 5.78 Å². The lowest BCUT2D eigenvalue weighted by Gasteiger charge is -2.11. The number of rotatable bonds is 7. The lowest BCUT2D eigenvalue weighted by molar-refractivity contribution is 0.723. The largest absolute Gasteiger partial charge is 0.313 e. The molecular formula is C23H22N8O. The lowest BCUT2D eigenvalue weighted by atomic mass is 9.96. The fraction of sp³-hybridized carbons (Fsp3) is 0.217. The maximum absolute atomic E-state index is 12.8. The van der Waals surface area contributed by atoms with Crippen LogP contribution in [-0.4, -0.2) is 40.2 Å². The summed E-state index contributed by atoms with van der Waals surface area (Å²) >= 11 is 0. The van der Waals surface area contributed by atoms with Crippen LogP contribution in [0.3, 0.4) is 0 Å². The highest BCUT2D eigenvalue weighted by Gasteiger charge is 2.16. The van der Waals surface area contributed by atoms with Crippen LogP contribution in [0.5, 0.6) is 0 Å². The summed E-state index contributed by atoms with van der Waals surface area (Å²) < 4.78 is 1.75. The molecule has 0 aliphatic carbocycles. The number of fused-ring (bicyclic) bond motifs is 1. The van der Waals surface area contributed by atoms with Gasteiger partial charge in [0.05, 0.1) is 5.69 Å². The van der Waals surface area contributed by atoms with Crippen molar-refractivity contribution in [3.63, 3.8) is 0 Å². The standard InChI is InChI=1S/C23H22N8O/c1-2-3-8-20-19(22(32)26-23-24-14-25-31(20)23)13-15-9-11-16(12-10-15)17-6-4-5-7-18(17)21-27-29-30-28-21/h4-7,9-12,14H,2-3,8,13H2,1H3,(H,24,25,26,32)(H,27,28,29,30). The zero-order valence-corrected chi connectivity index (χ0v) is 17.6. The van der Waals surface area contributed by atoms with Gasteiger partial charge in [0.15, 0.2) is 5.82 Å². The molecule has 2 N–H and O–H groups in total. The van der Waals surface area contributed by atoms with Crippen molar-refractivity contribution in [2.24, 2.45) is 0 Å². The summed E-state index contributed by atoms with van der Waals surface area (Å²) in [5.41, 5.74) is 5.47. The smallest absolute Gasteiger partial charge is 0.278 e. The number of nitrogens with one attached hydrogen (secondary N) is 2. The lowest BCUT2D eigenvalue weighted by Crippen LogP contribution is -2.21. The number of tetrazole rings is 1. The van der Waals surface area contributed by atoms with Crippen LogP contribution >= 0.6 is 0 Å². The highest BCUT2D eigenvalue weighted by molar-refractivity contribution is 5.80. The van der Waals surface area contributed by atoms with Crippen molar-refractivity contribution in [1.29, 1.82) is 0 Å². The third-order valence-electron chi connectivity index (χ3n) is 5.58. The Morgan fingerprint density at radius 2 is 1.84 bits per heavy atom. The fourth-order valence-electron chi connectivity index (χ4n) is 3.95. The van der Waals surface area contributed by atoms with Gasteiger partial charge in [-0.15, -0.1) is 5.10 Å². The van der Waals surface area contributed by atoms with E-state index in [1.165, 1.54) is 0 Å². The molecule has 9 heteroatoms. The summed E-state index contributed by atoms with van der Waals surface area (Å²) in [5.74, 6) is 1.11. The van der Waals surface area contributed by atoms with Crippen molar-refractivity contribution in [2.75, 3.05) is 0 Å². The first-order valence-electron chi connectivity index (χ1n) is 10.6. The molecule has 0 aliphatic heterocycles. The summed E-state index contributed by atoms with van der Waals surface area (Å²) in [5, 5.41) is 18.6. The normalized spacial score (nSPS) is 11.3. The number of aromatic nitrogens is 8. The van der Waals surface area contributed by atoms with Crippen LogP contribution in [0, 0.1) is 0 Å². The highest BCUT2D eigenvalue weighted by atomic mass is 16.1. The van der Waals surface area contributed by atoms with E-state index in [9.17, 15) is 4.79 Å². The maximum atomic E-state index is 12.8. The van der Waals surface area contributed by atoms with Crippen LogP contribution in [0.25, 0.3) is 28.3 Å². The molecule has 0 amide bonds. The summed E-state index contributed by atoms with van der Waals surface area (Å²) in [6, 6.07) is 16.2. The van der Waals surface area contributed by atoms with Crippen molar-refractivity contribution in [3.8, 4) is 22.5 Å². The van der Waals surface area contributed by atoms with E-state index in [-0.39, 0.29) is 5.56 Å². The fourth-order valence-corrected chi connectivity index (χ4v) is 3.95. The minimum atomic E-state index is -0.201. The summed E-state index contributed by atoms with van der Waals surface area (Å²) in [6.07, 6.45) is 4.88. The van der Waals surface area contributed by atoms with Crippen LogP contribution in [0.4, 0.5) is 0 Å². The number of hydrogen-bond acceptors (Lipinski definition) is 6. The van der Waals surface area contributed by atoms with Gasteiger partial charge in [-0.1, -0.05) is 61.9 Å². The first-order chi connectivity index (χ1) is 15.7. The third kappa shape index (κ3) is 3.68. The molecular weight excluding hydrogens is 404 g/mol. The van der Waals surface area contributed by atoms with E-state index >= 15 is 0 Å². The van der Waals surface area contributed by atoms with Crippen LogP contribution in [-0.2, 0) is 12.8 Å². The molecule has 32 heavy (non-hydrogen) atoms. The average Bonchev–Trinajstić information content (AvgIpc) is 3.52. The molecule has 0 fully saturated rings. The Kier molecular flexibility index (Phi) is 5.29. The van der Waals surface area contributed by atoms with Gasteiger partial charge in [0, 0.05) is 17.5 Å². The van der Waals surface area contributed by atoms with Gasteiger partial charge >= 0.3 is 0 Å². The quantitative estimate of drug-likeness (QED) is 0.413. The maximum Gasteiger partial charge on any atom is 0.278 e. The number of aryl methyl sites for hydroxylation is 1. The molecule has 0 saturated heterocycles. The number of aromatic amines is 2.